The van der Waals surface area contributed by atoms with Gasteiger partial charge in [-0.05, 0) is 49.2 Å². The first-order valence-corrected chi connectivity index (χ1v) is 11.0. The smallest absolute Gasteiger partial charge is 0.306 e. The van der Waals surface area contributed by atoms with Crippen LogP contribution in [0.4, 0.5) is 5.69 Å². The van der Waals surface area contributed by atoms with Gasteiger partial charge in [0.15, 0.2) is 12.4 Å². The van der Waals surface area contributed by atoms with Crippen LogP contribution in [0.25, 0.3) is 0 Å². The molecule has 0 aromatic heterocycles. The Labute approximate surface area is 171 Å². The minimum Gasteiger partial charge on any atom is -0.494 e. The number of carbonyl (C=O) groups excluding carboxylic acids is 2. The molecule has 0 amide bonds. The number of ketones is 1. The molecule has 0 aliphatic carbocycles. The number of hydrogen-bond acceptors (Lipinski definition) is 6. The number of hydrogen-bond donors (Lipinski definition) is 0. The molecular weight excluding hydrogens is 394 g/mol. The summed E-state index contributed by atoms with van der Waals surface area (Å²) in [6.45, 7) is 2.06. The first kappa shape index (κ1) is 22.4. The maximum atomic E-state index is 12.2. The number of anilines is 1. The quantitative estimate of drug-likeness (QED) is 0.435. The summed E-state index contributed by atoms with van der Waals surface area (Å²) in [6.07, 6.45) is 1.68. The second-order valence-corrected chi connectivity index (χ2v) is 8.42. The predicted molar refractivity (Wildman–Crippen MR) is 111 cm³/mol. The van der Waals surface area contributed by atoms with Crippen molar-refractivity contribution >= 4 is 27.5 Å². The molecule has 0 fully saturated rings. The van der Waals surface area contributed by atoms with E-state index in [0.29, 0.717) is 24.3 Å². The van der Waals surface area contributed by atoms with Gasteiger partial charge in [0.05, 0.1) is 18.6 Å². The summed E-state index contributed by atoms with van der Waals surface area (Å²) in [5.74, 6) is -0.0993. The molecule has 2 rings (SSSR count). The second kappa shape index (κ2) is 10.1. The topological polar surface area (TPSA) is 90.0 Å². The standard InChI is InChI=1S/C21H25NO6S/c1-4-27-20-8-6-5-7-17(20)11-14-21(24)28-15-19(23)16-9-12-18(13-10-16)22(2)29(3,25)26/h5-10,12-13H,4,11,14-15H2,1-3H3. The van der Waals surface area contributed by atoms with E-state index >= 15 is 0 Å². The Balaban J connectivity index is 1.86. The Morgan fingerprint density at radius 2 is 1.69 bits per heavy atom. The lowest BCUT2D eigenvalue weighted by Crippen LogP contribution is -2.24. The Bertz CT molecular complexity index is 953. The monoisotopic (exact) mass is 419 g/mol. The number of benzene rings is 2. The van der Waals surface area contributed by atoms with Crippen molar-refractivity contribution in [1.82, 2.24) is 0 Å². The van der Waals surface area contributed by atoms with Crippen LogP contribution in [0, 0.1) is 0 Å². The van der Waals surface area contributed by atoms with Gasteiger partial charge >= 0.3 is 5.97 Å². The largest absolute Gasteiger partial charge is 0.494 e. The van der Waals surface area contributed by atoms with E-state index in [2.05, 4.69) is 0 Å². The van der Waals surface area contributed by atoms with Gasteiger partial charge < -0.3 is 9.47 Å². The Morgan fingerprint density at radius 3 is 2.31 bits per heavy atom. The zero-order chi connectivity index (χ0) is 21.4. The van der Waals surface area contributed by atoms with Crippen LogP contribution in [0.1, 0.15) is 29.3 Å². The van der Waals surface area contributed by atoms with Gasteiger partial charge in [0.25, 0.3) is 0 Å². The second-order valence-electron chi connectivity index (χ2n) is 6.40. The lowest BCUT2D eigenvalue weighted by Gasteiger charge is -2.16. The van der Waals surface area contributed by atoms with Gasteiger partial charge in [0.1, 0.15) is 5.75 Å². The van der Waals surface area contributed by atoms with E-state index in [0.717, 1.165) is 21.9 Å². The molecule has 8 heteroatoms. The maximum absolute atomic E-state index is 12.2. The van der Waals surface area contributed by atoms with Gasteiger partial charge in [0, 0.05) is 19.0 Å². The Kier molecular flexibility index (Phi) is 7.78. The first-order valence-electron chi connectivity index (χ1n) is 9.16. The van der Waals surface area contributed by atoms with Crippen LogP contribution < -0.4 is 9.04 Å². The summed E-state index contributed by atoms with van der Waals surface area (Å²) in [5.41, 5.74) is 1.68. The number of rotatable bonds is 10. The maximum Gasteiger partial charge on any atom is 0.306 e. The number of ether oxygens (including phenoxy) is 2. The fourth-order valence-electron chi connectivity index (χ4n) is 2.59. The van der Waals surface area contributed by atoms with Gasteiger partial charge in [-0.2, -0.15) is 0 Å². The Hall–Kier alpha value is -2.87. The molecule has 0 saturated heterocycles. The molecule has 0 heterocycles. The molecule has 29 heavy (non-hydrogen) atoms. The average Bonchev–Trinajstić information content (AvgIpc) is 2.70. The van der Waals surface area contributed by atoms with Crippen LogP contribution in [0.5, 0.6) is 5.75 Å². The number of sulfonamides is 1. The molecular formula is C21H25NO6S. The highest BCUT2D eigenvalue weighted by atomic mass is 32.2. The number of Topliss-reactive ketones (excluding diaryl/α,β-unsaturated/α-hetero) is 1. The summed E-state index contributed by atoms with van der Waals surface area (Å²) in [7, 11) is -1.95. The summed E-state index contributed by atoms with van der Waals surface area (Å²) in [5, 5.41) is 0. The molecule has 0 unspecified atom stereocenters. The summed E-state index contributed by atoms with van der Waals surface area (Å²) in [4.78, 5) is 24.2. The van der Waals surface area contributed by atoms with Crippen LogP contribution in [0.15, 0.2) is 48.5 Å². The van der Waals surface area contributed by atoms with Crippen molar-refractivity contribution < 1.29 is 27.5 Å². The zero-order valence-electron chi connectivity index (χ0n) is 16.8. The van der Waals surface area contributed by atoms with Crippen molar-refractivity contribution in [3.8, 4) is 5.75 Å². The van der Waals surface area contributed by atoms with Gasteiger partial charge in [-0.3, -0.25) is 13.9 Å². The highest BCUT2D eigenvalue weighted by Gasteiger charge is 2.14. The third-order valence-corrected chi connectivity index (χ3v) is 5.49. The van der Waals surface area contributed by atoms with E-state index in [-0.39, 0.29) is 18.8 Å². The van der Waals surface area contributed by atoms with Gasteiger partial charge in [-0.1, -0.05) is 18.2 Å². The molecule has 0 aliphatic heterocycles. The predicted octanol–water partition coefficient (Wildman–Crippen LogP) is 2.84. The van der Waals surface area contributed by atoms with Crippen LogP contribution in [0.3, 0.4) is 0 Å². The van der Waals surface area contributed by atoms with E-state index in [1.807, 2.05) is 31.2 Å². The molecule has 0 saturated carbocycles. The number of carbonyl (C=O) groups is 2. The molecule has 0 N–H and O–H groups in total. The normalized spacial score (nSPS) is 11.0. The molecule has 2 aromatic rings. The Morgan fingerprint density at radius 1 is 1.03 bits per heavy atom. The molecule has 7 nitrogen and oxygen atoms in total. The van der Waals surface area contributed by atoms with Crippen LogP contribution in [-0.2, 0) is 26.0 Å². The fraction of sp³-hybridized carbons (Fsp3) is 0.333. The van der Waals surface area contributed by atoms with Gasteiger partial charge in [0.2, 0.25) is 10.0 Å². The van der Waals surface area contributed by atoms with Crippen LogP contribution >= 0.6 is 0 Å². The van der Waals surface area contributed by atoms with Crippen molar-refractivity contribution in [2.45, 2.75) is 19.8 Å². The lowest BCUT2D eigenvalue weighted by molar-refractivity contribution is -0.142. The van der Waals surface area contributed by atoms with Crippen molar-refractivity contribution in [3.05, 3.63) is 59.7 Å². The summed E-state index contributed by atoms with van der Waals surface area (Å²) < 4.78 is 34.8. The molecule has 0 radical (unpaired) electrons. The molecule has 2 aromatic carbocycles. The van der Waals surface area contributed by atoms with Crippen LogP contribution in [-0.4, -0.2) is 46.7 Å². The molecule has 0 bridgehead atoms. The average molecular weight is 419 g/mol. The number of para-hydroxylation sites is 1. The van der Waals surface area contributed by atoms with E-state index < -0.39 is 16.0 Å². The minimum absolute atomic E-state index is 0.134. The first-order chi connectivity index (χ1) is 13.7. The van der Waals surface area contributed by atoms with Crippen molar-refractivity contribution in [1.29, 1.82) is 0 Å². The van der Waals surface area contributed by atoms with E-state index in [9.17, 15) is 18.0 Å². The molecule has 0 atom stereocenters. The molecule has 156 valence electrons. The zero-order valence-corrected chi connectivity index (χ0v) is 17.6. The summed E-state index contributed by atoms with van der Waals surface area (Å²) >= 11 is 0. The van der Waals surface area contributed by atoms with Crippen molar-refractivity contribution in [3.63, 3.8) is 0 Å². The van der Waals surface area contributed by atoms with E-state index in [1.54, 1.807) is 0 Å². The minimum atomic E-state index is -3.38. The lowest BCUT2D eigenvalue weighted by atomic mass is 10.1. The number of aryl methyl sites for hydroxylation is 1. The van der Waals surface area contributed by atoms with Crippen molar-refractivity contribution in [2.24, 2.45) is 0 Å². The van der Waals surface area contributed by atoms with Crippen LogP contribution in [0.2, 0.25) is 0 Å². The van der Waals surface area contributed by atoms with E-state index in [1.165, 1.54) is 31.3 Å². The molecule has 0 spiro atoms. The summed E-state index contributed by atoms with van der Waals surface area (Å²) in [6, 6.07) is 13.5. The highest BCUT2D eigenvalue weighted by molar-refractivity contribution is 7.92. The van der Waals surface area contributed by atoms with Crippen molar-refractivity contribution in [2.75, 3.05) is 30.8 Å². The number of esters is 1. The highest BCUT2D eigenvalue weighted by Crippen LogP contribution is 2.20. The molecule has 0 aliphatic rings. The SMILES string of the molecule is CCOc1ccccc1CCC(=O)OCC(=O)c1ccc(N(C)S(C)(=O)=O)cc1. The third-order valence-electron chi connectivity index (χ3n) is 4.29. The van der Waals surface area contributed by atoms with Gasteiger partial charge in [-0.25, -0.2) is 8.42 Å². The van der Waals surface area contributed by atoms with Gasteiger partial charge in [-0.15, -0.1) is 0 Å². The van der Waals surface area contributed by atoms with E-state index in [4.69, 9.17) is 9.47 Å². The number of nitrogens with zero attached hydrogens (tertiary/aromatic N) is 1. The third kappa shape index (κ3) is 6.60. The fourth-order valence-corrected chi connectivity index (χ4v) is 3.10.